The molecule has 0 spiro atoms. The van der Waals surface area contributed by atoms with E-state index in [0.29, 0.717) is 25.3 Å². The van der Waals surface area contributed by atoms with Crippen molar-refractivity contribution in [2.75, 3.05) is 6.54 Å². The van der Waals surface area contributed by atoms with Crippen LogP contribution in [-0.2, 0) is 4.79 Å². The van der Waals surface area contributed by atoms with Crippen LogP contribution >= 0.6 is 0 Å². The number of nitrogens with one attached hydrogen (secondary N) is 2. The van der Waals surface area contributed by atoms with Crippen LogP contribution in [0.4, 0.5) is 4.79 Å². The van der Waals surface area contributed by atoms with Gasteiger partial charge in [0, 0.05) is 18.5 Å². The molecule has 6 nitrogen and oxygen atoms in total. The van der Waals surface area contributed by atoms with Crippen molar-refractivity contribution in [3.63, 3.8) is 0 Å². The highest BCUT2D eigenvalue weighted by Gasteiger charge is 2.27. The van der Waals surface area contributed by atoms with Crippen molar-refractivity contribution >= 4 is 12.0 Å². The van der Waals surface area contributed by atoms with Gasteiger partial charge in [-0.05, 0) is 57.3 Å². The van der Waals surface area contributed by atoms with Crippen molar-refractivity contribution in [2.45, 2.75) is 57.4 Å². The van der Waals surface area contributed by atoms with Crippen LogP contribution < -0.4 is 10.6 Å². The molecule has 0 aromatic heterocycles. The molecule has 0 heterocycles. The Morgan fingerprint density at radius 1 is 1.05 bits per heavy atom. The van der Waals surface area contributed by atoms with E-state index in [0.717, 1.165) is 38.5 Å². The molecule has 0 atom stereocenters. The molecule has 0 radical (unpaired) electrons. The number of carbonyl (C=O) groups is 2. The van der Waals surface area contributed by atoms with Gasteiger partial charge in [0.05, 0.1) is 12.0 Å². The molecule has 22 heavy (non-hydrogen) atoms. The van der Waals surface area contributed by atoms with E-state index < -0.39 is 5.97 Å². The first-order chi connectivity index (χ1) is 10.6. The molecule has 2 amide bonds. The van der Waals surface area contributed by atoms with Gasteiger partial charge in [0.1, 0.15) is 0 Å². The van der Waals surface area contributed by atoms with E-state index in [1.165, 1.54) is 0 Å². The second-order valence-electron chi connectivity index (χ2n) is 6.59. The number of nitrogens with zero attached hydrogens (tertiary/aromatic N) is 1. The highest BCUT2D eigenvalue weighted by molar-refractivity contribution is 5.74. The van der Waals surface area contributed by atoms with E-state index in [-0.39, 0.29) is 23.9 Å². The Bertz CT molecular complexity index is 430. The van der Waals surface area contributed by atoms with Gasteiger partial charge in [-0.15, -0.1) is 0 Å². The van der Waals surface area contributed by atoms with Gasteiger partial charge < -0.3 is 15.7 Å². The second-order valence-corrected chi connectivity index (χ2v) is 6.59. The summed E-state index contributed by atoms with van der Waals surface area (Å²) >= 11 is 0. The molecule has 6 heteroatoms. The van der Waals surface area contributed by atoms with Gasteiger partial charge in [-0.25, -0.2) is 4.79 Å². The number of nitriles is 1. The zero-order valence-corrected chi connectivity index (χ0v) is 12.9. The molecular weight excluding hydrogens is 282 g/mol. The normalized spacial score (nSPS) is 31.8. The minimum Gasteiger partial charge on any atom is -0.481 e. The molecular formula is C16H25N3O3. The number of aliphatic carboxylic acids is 1. The number of rotatable bonds is 4. The van der Waals surface area contributed by atoms with E-state index >= 15 is 0 Å². The number of carboxylic acid groups (broad SMARTS) is 1. The molecule has 122 valence electrons. The molecule has 0 aliphatic heterocycles. The van der Waals surface area contributed by atoms with Gasteiger partial charge in [0.15, 0.2) is 0 Å². The van der Waals surface area contributed by atoms with Crippen molar-refractivity contribution in [1.29, 1.82) is 5.26 Å². The lowest BCUT2D eigenvalue weighted by atomic mass is 9.83. The Labute approximate surface area is 131 Å². The largest absolute Gasteiger partial charge is 0.481 e. The van der Waals surface area contributed by atoms with Gasteiger partial charge in [-0.2, -0.15) is 5.26 Å². The smallest absolute Gasteiger partial charge is 0.315 e. The molecule has 2 fully saturated rings. The highest BCUT2D eigenvalue weighted by atomic mass is 16.4. The lowest BCUT2D eigenvalue weighted by Gasteiger charge is -2.28. The molecule has 0 bridgehead atoms. The number of hydrogen-bond donors (Lipinski definition) is 3. The zero-order valence-electron chi connectivity index (χ0n) is 12.9. The van der Waals surface area contributed by atoms with Gasteiger partial charge >= 0.3 is 12.0 Å². The number of hydrogen-bond acceptors (Lipinski definition) is 3. The van der Waals surface area contributed by atoms with Crippen LogP contribution in [0.25, 0.3) is 0 Å². The lowest BCUT2D eigenvalue weighted by molar-refractivity contribution is -0.142. The fourth-order valence-corrected chi connectivity index (χ4v) is 3.45. The van der Waals surface area contributed by atoms with Crippen LogP contribution in [0.1, 0.15) is 51.4 Å². The third-order valence-electron chi connectivity index (χ3n) is 4.99. The molecule has 0 unspecified atom stereocenters. The SMILES string of the molecule is N#CC1CCC(CNC(=O)NC2CCC(C(=O)O)CC2)CC1. The third kappa shape index (κ3) is 4.90. The highest BCUT2D eigenvalue weighted by Crippen LogP contribution is 2.27. The average Bonchev–Trinajstić information content (AvgIpc) is 2.54. The van der Waals surface area contributed by atoms with Crippen molar-refractivity contribution in [1.82, 2.24) is 10.6 Å². The van der Waals surface area contributed by atoms with Crippen LogP contribution in [0, 0.1) is 29.1 Å². The van der Waals surface area contributed by atoms with E-state index in [4.69, 9.17) is 10.4 Å². The summed E-state index contributed by atoms with van der Waals surface area (Å²) in [5.74, 6) is -0.320. The standard InChI is InChI=1S/C16H25N3O3/c17-9-11-1-3-12(4-2-11)10-18-16(22)19-14-7-5-13(6-8-14)15(20)21/h11-14H,1-8,10H2,(H,20,21)(H2,18,19,22). The van der Waals surface area contributed by atoms with Crippen LogP contribution in [0.5, 0.6) is 0 Å². The molecule has 2 aliphatic carbocycles. The predicted molar refractivity (Wildman–Crippen MR) is 81.0 cm³/mol. The molecule has 0 aromatic carbocycles. The molecule has 3 N–H and O–H groups in total. The van der Waals surface area contributed by atoms with Crippen molar-refractivity contribution < 1.29 is 14.7 Å². The quantitative estimate of drug-likeness (QED) is 0.741. The minimum absolute atomic E-state index is 0.0879. The van der Waals surface area contributed by atoms with E-state index in [9.17, 15) is 9.59 Å². The monoisotopic (exact) mass is 307 g/mol. The summed E-state index contributed by atoms with van der Waals surface area (Å²) in [6, 6.07) is 2.25. The first-order valence-corrected chi connectivity index (χ1v) is 8.25. The van der Waals surface area contributed by atoms with Crippen LogP contribution in [0.15, 0.2) is 0 Å². The second kappa shape index (κ2) is 8.02. The van der Waals surface area contributed by atoms with E-state index in [2.05, 4.69) is 16.7 Å². The fourth-order valence-electron chi connectivity index (χ4n) is 3.45. The number of carbonyl (C=O) groups excluding carboxylic acids is 1. The average molecular weight is 307 g/mol. The minimum atomic E-state index is -0.726. The maximum absolute atomic E-state index is 11.9. The van der Waals surface area contributed by atoms with Crippen LogP contribution in [0.2, 0.25) is 0 Å². The van der Waals surface area contributed by atoms with Crippen molar-refractivity contribution in [3.8, 4) is 6.07 Å². The molecule has 2 saturated carbocycles. The first kappa shape index (κ1) is 16.6. The van der Waals surface area contributed by atoms with Crippen LogP contribution in [0.3, 0.4) is 0 Å². The summed E-state index contributed by atoms with van der Waals surface area (Å²) in [7, 11) is 0. The Kier molecular flexibility index (Phi) is 6.05. The maximum atomic E-state index is 11.9. The zero-order chi connectivity index (χ0) is 15.9. The van der Waals surface area contributed by atoms with E-state index in [1.807, 2.05) is 0 Å². The molecule has 2 aliphatic rings. The summed E-state index contributed by atoms with van der Waals surface area (Å²) in [4.78, 5) is 22.8. The Morgan fingerprint density at radius 3 is 2.23 bits per heavy atom. The molecule has 2 rings (SSSR count). The maximum Gasteiger partial charge on any atom is 0.315 e. The molecule has 0 saturated heterocycles. The Hall–Kier alpha value is -1.77. The van der Waals surface area contributed by atoms with E-state index in [1.54, 1.807) is 0 Å². The third-order valence-corrected chi connectivity index (χ3v) is 4.99. The van der Waals surface area contributed by atoms with Gasteiger partial charge in [-0.1, -0.05) is 0 Å². The fraction of sp³-hybridized carbons (Fsp3) is 0.812. The number of amides is 2. The van der Waals surface area contributed by atoms with Gasteiger partial charge in [0.2, 0.25) is 0 Å². The topological polar surface area (TPSA) is 102 Å². The van der Waals surface area contributed by atoms with Gasteiger partial charge in [-0.3, -0.25) is 4.79 Å². The first-order valence-electron chi connectivity index (χ1n) is 8.25. The summed E-state index contributed by atoms with van der Waals surface area (Å²) in [5.41, 5.74) is 0. The summed E-state index contributed by atoms with van der Waals surface area (Å²) in [5, 5.41) is 23.7. The molecule has 0 aromatic rings. The Morgan fingerprint density at radius 2 is 1.68 bits per heavy atom. The number of urea groups is 1. The lowest BCUT2D eigenvalue weighted by Crippen LogP contribution is -2.45. The Balaban J connectivity index is 1.61. The van der Waals surface area contributed by atoms with Crippen molar-refractivity contribution in [2.24, 2.45) is 17.8 Å². The summed E-state index contributed by atoms with van der Waals surface area (Å²) < 4.78 is 0. The number of carboxylic acids is 1. The van der Waals surface area contributed by atoms with Gasteiger partial charge in [0.25, 0.3) is 0 Å². The van der Waals surface area contributed by atoms with Crippen LogP contribution in [-0.4, -0.2) is 29.7 Å². The summed E-state index contributed by atoms with van der Waals surface area (Å²) in [6.07, 6.45) is 6.62. The summed E-state index contributed by atoms with van der Waals surface area (Å²) in [6.45, 7) is 0.661. The van der Waals surface area contributed by atoms with Crippen molar-refractivity contribution in [3.05, 3.63) is 0 Å². The predicted octanol–water partition coefficient (Wildman–Crippen LogP) is 2.26.